The summed E-state index contributed by atoms with van der Waals surface area (Å²) < 4.78 is 25.6. The van der Waals surface area contributed by atoms with Crippen molar-refractivity contribution in [2.75, 3.05) is 6.61 Å². The van der Waals surface area contributed by atoms with E-state index in [9.17, 15) is 13.5 Å². The fraction of sp³-hybridized carbons (Fsp3) is 0.250. The molecule has 3 rings (SSSR count). The van der Waals surface area contributed by atoms with Crippen LogP contribution in [0.4, 0.5) is 0 Å². The maximum Gasteiger partial charge on any atom is 0.183 e. The molecule has 6 heteroatoms. The van der Waals surface area contributed by atoms with Crippen molar-refractivity contribution in [3.63, 3.8) is 0 Å². The fourth-order valence-electron chi connectivity index (χ4n) is 3.02. The summed E-state index contributed by atoms with van der Waals surface area (Å²) in [6.45, 7) is -0.402. The van der Waals surface area contributed by atoms with Gasteiger partial charge in [-0.05, 0) is 29.8 Å². The Morgan fingerprint density at radius 3 is 2.41 bits per heavy atom. The van der Waals surface area contributed by atoms with E-state index in [4.69, 9.17) is 17.3 Å². The highest BCUT2D eigenvalue weighted by molar-refractivity contribution is 7.92. The summed E-state index contributed by atoms with van der Waals surface area (Å²) >= 11 is 5.98. The summed E-state index contributed by atoms with van der Waals surface area (Å²) in [6, 6.07) is 15.1. The van der Waals surface area contributed by atoms with E-state index in [1.807, 2.05) is 0 Å². The van der Waals surface area contributed by atoms with E-state index in [1.165, 1.54) is 0 Å². The zero-order valence-electron chi connectivity index (χ0n) is 11.7. The molecule has 0 spiro atoms. The molecule has 2 aromatic rings. The molecule has 0 aromatic heterocycles. The molecule has 0 radical (unpaired) electrons. The number of sulfone groups is 1. The molecular weight excluding hydrogens is 322 g/mol. The molecule has 1 fully saturated rings. The normalized spacial score (nSPS) is 27.6. The Balaban J connectivity index is 2.04. The monoisotopic (exact) mass is 337 g/mol. The van der Waals surface area contributed by atoms with Gasteiger partial charge in [0.15, 0.2) is 9.84 Å². The van der Waals surface area contributed by atoms with Gasteiger partial charge in [-0.25, -0.2) is 8.42 Å². The van der Waals surface area contributed by atoms with Crippen LogP contribution in [0.3, 0.4) is 0 Å². The molecule has 116 valence electrons. The van der Waals surface area contributed by atoms with Crippen LogP contribution in [-0.4, -0.2) is 30.9 Å². The second-order valence-electron chi connectivity index (χ2n) is 5.58. The average Bonchev–Trinajstić information content (AvgIpc) is 3.16. The topological polar surface area (TPSA) is 80.4 Å². The van der Waals surface area contributed by atoms with E-state index in [2.05, 4.69) is 0 Å². The van der Waals surface area contributed by atoms with Crippen LogP contribution in [0, 0.1) is 0 Å². The quantitative estimate of drug-likeness (QED) is 0.893. The Morgan fingerprint density at radius 1 is 1.14 bits per heavy atom. The first-order chi connectivity index (χ1) is 10.4. The van der Waals surface area contributed by atoms with Crippen LogP contribution in [0.1, 0.15) is 11.5 Å². The fourth-order valence-corrected chi connectivity index (χ4v) is 5.54. The number of benzene rings is 2. The summed E-state index contributed by atoms with van der Waals surface area (Å²) in [5, 5.41) is 9.28. The number of rotatable bonds is 4. The molecular formula is C16H16ClNO3S. The van der Waals surface area contributed by atoms with Crippen molar-refractivity contribution in [3.05, 3.63) is 65.2 Å². The highest BCUT2D eigenvalue weighted by Gasteiger charge is 2.69. The van der Waals surface area contributed by atoms with Crippen molar-refractivity contribution in [1.82, 2.24) is 0 Å². The Morgan fingerprint density at radius 2 is 1.82 bits per heavy atom. The van der Waals surface area contributed by atoms with Gasteiger partial charge < -0.3 is 10.8 Å². The molecule has 3 atom stereocenters. The molecule has 1 aliphatic rings. The standard InChI is InChI=1S/C16H16ClNO3S/c17-12-6-4-5-11(9-12)14-15(16(14,18)10-19)22(20,21)13-7-2-1-3-8-13/h1-9,14-15,19H,10,18H2. The van der Waals surface area contributed by atoms with Crippen molar-refractivity contribution in [2.24, 2.45) is 5.73 Å². The Hall–Kier alpha value is -1.40. The Bertz CT molecular complexity index is 794. The van der Waals surface area contributed by atoms with Gasteiger partial charge in [0.25, 0.3) is 0 Å². The molecule has 0 saturated heterocycles. The first-order valence-electron chi connectivity index (χ1n) is 6.85. The smallest absolute Gasteiger partial charge is 0.183 e. The third-order valence-corrected chi connectivity index (χ3v) is 6.73. The van der Waals surface area contributed by atoms with Crippen LogP contribution in [0.5, 0.6) is 0 Å². The third kappa shape index (κ3) is 2.34. The lowest BCUT2D eigenvalue weighted by atomic mass is 10.1. The van der Waals surface area contributed by atoms with E-state index >= 15 is 0 Å². The van der Waals surface area contributed by atoms with E-state index < -0.39 is 33.2 Å². The van der Waals surface area contributed by atoms with Gasteiger partial charge in [-0.15, -0.1) is 0 Å². The molecule has 4 nitrogen and oxygen atoms in total. The molecule has 0 amide bonds. The van der Waals surface area contributed by atoms with E-state index in [-0.39, 0.29) is 4.90 Å². The average molecular weight is 338 g/mol. The Labute approximate surface area is 134 Å². The summed E-state index contributed by atoms with van der Waals surface area (Å²) in [5.74, 6) is -0.471. The third-order valence-electron chi connectivity index (χ3n) is 4.19. The van der Waals surface area contributed by atoms with Crippen molar-refractivity contribution < 1.29 is 13.5 Å². The largest absolute Gasteiger partial charge is 0.394 e. The van der Waals surface area contributed by atoms with Crippen molar-refractivity contribution in [1.29, 1.82) is 0 Å². The minimum absolute atomic E-state index is 0.216. The predicted octanol–water partition coefficient (Wildman–Crippen LogP) is 1.97. The van der Waals surface area contributed by atoms with Gasteiger partial charge in [-0.2, -0.15) is 0 Å². The SMILES string of the molecule is NC1(CO)C(c2cccc(Cl)c2)C1S(=O)(=O)c1ccccc1. The molecule has 3 unspecified atom stereocenters. The number of hydrogen-bond acceptors (Lipinski definition) is 4. The molecule has 3 N–H and O–H groups in total. The van der Waals surface area contributed by atoms with Crippen molar-refractivity contribution >= 4 is 21.4 Å². The second kappa shape index (κ2) is 5.35. The number of halogens is 1. The first kappa shape index (κ1) is 15.5. The van der Waals surface area contributed by atoms with E-state index in [0.29, 0.717) is 5.02 Å². The Kier molecular flexibility index (Phi) is 3.77. The summed E-state index contributed by atoms with van der Waals surface area (Å²) in [6.07, 6.45) is 0. The van der Waals surface area contributed by atoms with Crippen LogP contribution in [0.25, 0.3) is 0 Å². The van der Waals surface area contributed by atoms with Crippen molar-refractivity contribution in [2.45, 2.75) is 21.6 Å². The number of aliphatic hydroxyl groups is 1. The maximum absolute atomic E-state index is 12.8. The molecule has 2 aromatic carbocycles. The summed E-state index contributed by atoms with van der Waals surface area (Å²) in [5.41, 5.74) is 5.72. The minimum Gasteiger partial charge on any atom is -0.394 e. The molecule has 0 bridgehead atoms. The zero-order chi connectivity index (χ0) is 16.0. The molecule has 0 aliphatic heterocycles. The second-order valence-corrected chi connectivity index (χ2v) is 8.09. The first-order valence-corrected chi connectivity index (χ1v) is 8.78. The zero-order valence-corrected chi connectivity index (χ0v) is 13.3. The van der Waals surface area contributed by atoms with E-state index in [0.717, 1.165) is 5.56 Å². The lowest BCUT2D eigenvalue weighted by molar-refractivity contribution is 0.253. The lowest BCUT2D eigenvalue weighted by Crippen LogP contribution is -2.35. The van der Waals surface area contributed by atoms with Crippen LogP contribution in [-0.2, 0) is 9.84 Å². The predicted molar refractivity (Wildman–Crippen MR) is 85.6 cm³/mol. The molecule has 1 aliphatic carbocycles. The van der Waals surface area contributed by atoms with Crippen LogP contribution in [0.15, 0.2) is 59.5 Å². The van der Waals surface area contributed by atoms with E-state index in [1.54, 1.807) is 54.6 Å². The minimum atomic E-state index is -3.62. The number of aliphatic hydroxyl groups excluding tert-OH is 1. The highest BCUT2D eigenvalue weighted by Crippen LogP contribution is 2.55. The number of hydrogen-bond donors (Lipinski definition) is 2. The maximum atomic E-state index is 12.8. The molecule has 1 saturated carbocycles. The van der Waals surface area contributed by atoms with Gasteiger partial charge >= 0.3 is 0 Å². The van der Waals surface area contributed by atoms with Gasteiger partial charge in [0.1, 0.15) is 0 Å². The lowest BCUT2D eigenvalue weighted by Gasteiger charge is -2.08. The van der Waals surface area contributed by atoms with Crippen LogP contribution in [0.2, 0.25) is 5.02 Å². The van der Waals surface area contributed by atoms with Gasteiger partial charge in [0.2, 0.25) is 0 Å². The summed E-state index contributed by atoms with van der Waals surface area (Å²) in [4.78, 5) is 0.216. The van der Waals surface area contributed by atoms with Crippen LogP contribution < -0.4 is 5.73 Å². The van der Waals surface area contributed by atoms with Gasteiger partial charge in [0.05, 0.1) is 22.3 Å². The molecule has 0 heterocycles. The van der Waals surface area contributed by atoms with Gasteiger partial charge in [0, 0.05) is 10.9 Å². The van der Waals surface area contributed by atoms with Gasteiger partial charge in [-0.3, -0.25) is 0 Å². The highest BCUT2D eigenvalue weighted by atomic mass is 35.5. The molecule has 22 heavy (non-hydrogen) atoms. The van der Waals surface area contributed by atoms with Crippen molar-refractivity contribution in [3.8, 4) is 0 Å². The van der Waals surface area contributed by atoms with Gasteiger partial charge in [-0.1, -0.05) is 41.9 Å². The summed E-state index contributed by atoms with van der Waals surface area (Å²) in [7, 11) is -3.62. The number of nitrogens with two attached hydrogens (primary N) is 1. The van der Waals surface area contributed by atoms with Crippen LogP contribution >= 0.6 is 11.6 Å².